The second kappa shape index (κ2) is 9.55. The molecule has 110 valence electrons. The summed E-state index contributed by atoms with van der Waals surface area (Å²) in [5, 5.41) is 0. The summed E-state index contributed by atoms with van der Waals surface area (Å²) in [6.45, 7) is 1.18. The van der Waals surface area contributed by atoms with E-state index in [1.54, 1.807) is 0 Å². The number of ether oxygens (including phenoxy) is 2. The van der Waals surface area contributed by atoms with Crippen molar-refractivity contribution in [1.29, 1.82) is 0 Å². The number of nitrogens with zero attached hydrogens (tertiary/aromatic N) is 1. The fraction of sp³-hybridized carbons (Fsp3) is 0.462. The van der Waals surface area contributed by atoms with Gasteiger partial charge in [0.05, 0.1) is 19.3 Å². The second-order valence-corrected chi connectivity index (χ2v) is 5.39. The van der Waals surface area contributed by atoms with Gasteiger partial charge in [0.1, 0.15) is 6.61 Å². The van der Waals surface area contributed by atoms with Gasteiger partial charge < -0.3 is 18.9 Å². The van der Waals surface area contributed by atoms with E-state index in [4.69, 9.17) is 9.47 Å². The minimum absolute atomic E-state index is 0. The van der Waals surface area contributed by atoms with Crippen molar-refractivity contribution in [2.75, 3.05) is 25.4 Å². The third-order valence-electron chi connectivity index (χ3n) is 2.92. The number of amides is 1. The normalized spacial score (nSPS) is 19.5. The number of rotatable bonds is 4. The molecule has 0 saturated carbocycles. The van der Waals surface area contributed by atoms with Crippen LogP contribution in [0, 0.1) is 0 Å². The molecule has 1 aliphatic heterocycles. The average molecular weight is 321 g/mol. The Kier molecular flexibility index (Phi) is 8.46. The molecule has 0 aliphatic carbocycles. The first-order valence-electron chi connectivity index (χ1n) is 6.28. The Morgan fingerprint density at radius 3 is 2.81 bits per heavy atom. The Hall–Kier alpha value is -0.440. The van der Waals surface area contributed by atoms with Crippen LogP contribution in [-0.4, -0.2) is 51.3 Å². The molecule has 0 radical (unpaired) electrons. The largest absolute Gasteiger partial charge is 1.00 e. The van der Waals surface area contributed by atoms with Crippen LogP contribution in [0.25, 0.3) is 0 Å². The first-order chi connectivity index (χ1) is 9.65. The Labute approximate surface area is 148 Å². The van der Waals surface area contributed by atoms with E-state index in [0.29, 0.717) is 13.2 Å². The molecule has 0 aromatic heterocycles. The van der Waals surface area contributed by atoms with Crippen molar-refractivity contribution in [3.8, 4) is 0 Å². The van der Waals surface area contributed by atoms with Gasteiger partial charge in [-0.3, -0.25) is 4.21 Å². The predicted molar refractivity (Wildman–Crippen MR) is 71.7 cm³/mol. The number of benzene rings is 1. The number of carbonyl (C=O) groups is 1. The molecule has 1 aromatic carbocycles. The van der Waals surface area contributed by atoms with Crippen LogP contribution < -0.4 is 29.6 Å². The average Bonchev–Trinajstić information content (AvgIpc) is 2.45. The van der Waals surface area contributed by atoms with Crippen LogP contribution in [0.5, 0.6) is 0 Å². The Bertz CT molecular complexity index is 473. The van der Waals surface area contributed by atoms with Crippen molar-refractivity contribution in [1.82, 2.24) is 4.90 Å². The van der Waals surface area contributed by atoms with Crippen LogP contribution in [0.4, 0.5) is 4.79 Å². The molecule has 21 heavy (non-hydrogen) atoms. The summed E-state index contributed by atoms with van der Waals surface area (Å²) in [6.07, 6.45) is -0.926. The van der Waals surface area contributed by atoms with Crippen LogP contribution in [-0.2, 0) is 27.2 Å². The fourth-order valence-corrected chi connectivity index (χ4v) is 2.45. The monoisotopic (exact) mass is 321 g/mol. The molecule has 0 N–H and O–H groups in total. The molecule has 1 aromatic rings. The summed E-state index contributed by atoms with van der Waals surface area (Å²) in [5.74, 6) is -0.109. The molecule has 2 unspecified atom stereocenters. The minimum Gasteiger partial charge on any atom is -0.772 e. The van der Waals surface area contributed by atoms with Gasteiger partial charge >= 0.3 is 35.7 Å². The van der Waals surface area contributed by atoms with Crippen LogP contribution >= 0.6 is 0 Å². The zero-order chi connectivity index (χ0) is 14.4. The molecule has 1 heterocycles. The summed E-state index contributed by atoms with van der Waals surface area (Å²) < 4.78 is 31.8. The molecule has 1 saturated heterocycles. The van der Waals surface area contributed by atoms with Gasteiger partial charge in [0.2, 0.25) is 0 Å². The third kappa shape index (κ3) is 6.46. The molecule has 0 bridgehead atoms. The molecule has 0 spiro atoms. The molecular weight excluding hydrogens is 305 g/mol. The van der Waals surface area contributed by atoms with E-state index in [1.165, 1.54) is 4.90 Å². The molecule has 1 fully saturated rings. The van der Waals surface area contributed by atoms with Crippen LogP contribution in [0.3, 0.4) is 0 Å². The van der Waals surface area contributed by atoms with Gasteiger partial charge in [0.25, 0.3) is 0 Å². The quantitative estimate of drug-likeness (QED) is 0.469. The van der Waals surface area contributed by atoms with Crippen molar-refractivity contribution < 1.29 is 52.6 Å². The van der Waals surface area contributed by atoms with Crippen LogP contribution in [0.2, 0.25) is 0 Å². The van der Waals surface area contributed by atoms with Crippen LogP contribution in [0.15, 0.2) is 30.3 Å². The summed E-state index contributed by atoms with van der Waals surface area (Å²) in [4.78, 5) is 13.4. The van der Waals surface area contributed by atoms with Gasteiger partial charge in [0, 0.05) is 12.3 Å². The predicted octanol–water partition coefficient (Wildman–Crippen LogP) is -2.09. The first kappa shape index (κ1) is 18.6. The molecule has 1 amide bonds. The Morgan fingerprint density at radius 1 is 1.43 bits per heavy atom. The summed E-state index contributed by atoms with van der Waals surface area (Å²) >= 11 is -2.18. The smallest absolute Gasteiger partial charge is 0.772 e. The van der Waals surface area contributed by atoms with Gasteiger partial charge in [-0.1, -0.05) is 41.4 Å². The number of morpholine rings is 1. The van der Waals surface area contributed by atoms with E-state index in [-0.39, 0.29) is 48.5 Å². The molecule has 8 heteroatoms. The van der Waals surface area contributed by atoms with Gasteiger partial charge in [-0.25, -0.2) is 4.79 Å². The third-order valence-corrected chi connectivity index (χ3v) is 3.57. The topological polar surface area (TPSA) is 78.9 Å². The maximum absolute atomic E-state index is 11.9. The number of hydrogen-bond donors (Lipinski definition) is 0. The van der Waals surface area contributed by atoms with Crippen molar-refractivity contribution >= 4 is 17.2 Å². The van der Waals surface area contributed by atoms with Crippen molar-refractivity contribution in [3.63, 3.8) is 0 Å². The number of hydrogen-bond acceptors (Lipinski definition) is 5. The summed E-state index contributed by atoms with van der Waals surface area (Å²) in [6, 6.07) is 9.38. The van der Waals surface area contributed by atoms with Gasteiger partial charge in [-0.2, -0.15) is 0 Å². The first-order valence-corrected chi connectivity index (χ1v) is 7.52. The SMILES string of the molecule is O=C(OCc1ccccc1)N1CCOC(CS(=O)[O-])C1.[Na+]. The molecular formula is C13H16NNaO5S. The van der Waals surface area contributed by atoms with E-state index >= 15 is 0 Å². The van der Waals surface area contributed by atoms with Crippen LogP contribution in [0.1, 0.15) is 5.56 Å². The zero-order valence-electron chi connectivity index (χ0n) is 11.9. The summed E-state index contributed by atoms with van der Waals surface area (Å²) in [5.41, 5.74) is 0.909. The maximum Gasteiger partial charge on any atom is 1.00 e. The minimum atomic E-state index is -2.18. The van der Waals surface area contributed by atoms with E-state index < -0.39 is 23.3 Å². The van der Waals surface area contributed by atoms with Crippen molar-refractivity contribution in [3.05, 3.63) is 35.9 Å². The van der Waals surface area contributed by atoms with E-state index in [0.717, 1.165) is 5.56 Å². The van der Waals surface area contributed by atoms with Crippen molar-refractivity contribution in [2.45, 2.75) is 12.7 Å². The van der Waals surface area contributed by atoms with Gasteiger partial charge in [-0.15, -0.1) is 0 Å². The molecule has 2 atom stereocenters. The molecule has 1 aliphatic rings. The van der Waals surface area contributed by atoms with Crippen molar-refractivity contribution in [2.24, 2.45) is 0 Å². The Balaban J connectivity index is 0.00000220. The van der Waals surface area contributed by atoms with Gasteiger partial charge in [0.15, 0.2) is 0 Å². The summed E-state index contributed by atoms with van der Waals surface area (Å²) in [7, 11) is 0. The van der Waals surface area contributed by atoms with E-state index in [1.807, 2.05) is 30.3 Å². The second-order valence-electron chi connectivity index (χ2n) is 4.45. The standard InChI is InChI=1S/C13H17NO5S.Na/c15-13(19-9-11-4-2-1-3-5-11)14-6-7-18-12(8-14)10-20(16)17;/h1-5,12H,6-10H2,(H,16,17);/q;+1/p-1. The maximum atomic E-state index is 11.9. The Morgan fingerprint density at radius 2 is 2.14 bits per heavy atom. The van der Waals surface area contributed by atoms with E-state index in [9.17, 15) is 13.6 Å². The van der Waals surface area contributed by atoms with Gasteiger partial charge in [-0.05, 0) is 5.56 Å². The molecule has 2 rings (SSSR count). The van der Waals surface area contributed by atoms with E-state index in [2.05, 4.69) is 0 Å². The molecule has 6 nitrogen and oxygen atoms in total. The fourth-order valence-electron chi connectivity index (χ4n) is 1.95. The zero-order valence-corrected chi connectivity index (χ0v) is 14.7. The number of carbonyl (C=O) groups excluding carboxylic acids is 1.